The molecule has 2 aromatic carbocycles. The number of rotatable bonds is 7. The SMILES string of the molecule is CC1(C)CCC(C(O)NC(=O)c2ccc(Nc3nc(N)c(C(=O)c4c(F)cccc4F)s3)cc2)N1. The van der Waals surface area contributed by atoms with Crippen molar-refractivity contribution in [2.45, 2.75) is 44.5 Å². The van der Waals surface area contributed by atoms with Crippen LogP contribution >= 0.6 is 11.3 Å². The van der Waals surface area contributed by atoms with Crippen LogP contribution in [0.4, 0.5) is 25.4 Å². The molecule has 0 bridgehead atoms. The first kappa shape index (κ1) is 24.7. The maximum atomic E-state index is 14.0. The van der Waals surface area contributed by atoms with E-state index in [1.54, 1.807) is 24.3 Å². The molecule has 0 radical (unpaired) electrons. The van der Waals surface area contributed by atoms with Crippen LogP contribution in [0.1, 0.15) is 52.3 Å². The number of hydrogen-bond donors (Lipinski definition) is 5. The molecule has 3 aromatic rings. The Morgan fingerprint density at radius 1 is 1.20 bits per heavy atom. The number of aliphatic hydroxyl groups excluding tert-OH is 1. The maximum Gasteiger partial charge on any atom is 0.253 e. The zero-order chi connectivity index (χ0) is 25.3. The Labute approximate surface area is 204 Å². The van der Waals surface area contributed by atoms with E-state index in [0.29, 0.717) is 11.3 Å². The van der Waals surface area contributed by atoms with Gasteiger partial charge in [-0.05, 0) is 63.1 Å². The molecule has 0 aliphatic carbocycles. The zero-order valence-corrected chi connectivity index (χ0v) is 19.9. The fraction of sp³-hybridized carbons (Fsp3) is 0.292. The highest BCUT2D eigenvalue weighted by Crippen LogP contribution is 2.31. The molecule has 2 atom stereocenters. The summed E-state index contributed by atoms with van der Waals surface area (Å²) in [7, 11) is 0. The summed E-state index contributed by atoms with van der Waals surface area (Å²) in [6.45, 7) is 4.08. The second-order valence-electron chi connectivity index (χ2n) is 8.95. The minimum atomic E-state index is -1.02. The van der Waals surface area contributed by atoms with Crippen LogP contribution in [0.25, 0.3) is 0 Å². The van der Waals surface area contributed by atoms with Gasteiger partial charge in [0.1, 0.15) is 28.6 Å². The number of hydrogen-bond acceptors (Lipinski definition) is 8. The van der Waals surface area contributed by atoms with E-state index >= 15 is 0 Å². The molecule has 2 heterocycles. The largest absolute Gasteiger partial charge is 0.382 e. The third-order valence-electron chi connectivity index (χ3n) is 5.76. The fourth-order valence-electron chi connectivity index (χ4n) is 3.92. The minimum Gasteiger partial charge on any atom is -0.382 e. The average molecular weight is 502 g/mol. The third kappa shape index (κ3) is 5.47. The van der Waals surface area contributed by atoms with Crippen molar-refractivity contribution in [3.63, 3.8) is 0 Å². The summed E-state index contributed by atoms with van der Waals surface area (Å²) < 4.78 is 28.0. The van der Waals surface area contributed by atoms with E-state index in [2.05, 4.69) is 20.9 Å². The van der Waals surface area contributed by atoms with Crippen LogP contribution in [0.2, 0.25) is 0 Å². The van der Waals surface area contributed by atoms with Gasteiger partial charge in [-0.25, -0.2) is 13.8 Å². The molecule has 35 heavy (non-hydrogen) atoms. The Kier molecular flexibility index (Phi) is 6.84. The second kappa shape index (κ2) is 9.68. The number of nitrogens with one attached hydrogen (secondary N) is 3. The van der Waals surface area contributed by atoms with E-state index < -0.39 is 35.1 Å². The summed E-state index contributed by atoms with van der Waals surface area (Å²) in [4.78, 5) is 29.1. The molecule has 0 spiro atoms. The number of anilines is 3. The van der Waals surface area contributed by atoms with Crippen LogP contribution in [-0.4, -0.2) is 39.6 Å². The molecule has 8 nitrogen and oxygen atoms in total. The quantitative estimate of drug-likeness (QED) is 0.247. The van der Waals surface area contributed by atoms with Gasteiger partial charge in [0.25, 0.3) is 5.91 Å². The van der Waals surface area contributed by atoms with Crippen LogP contribution < -0.4 is 21.7 Å². The number of carbonyl (C=O) groups is 2. The molecular formula is C24H25F2N5O3S. The summed E-state index contributed by atoms with van der Waals surface area (Å²) >= 11 is 0.858. The number of nitrogen functional groups attached to an aromatic ring is 1. The number of nitrogens with two attached hydrogens (primary N) is 1. The van der Waals surface area contributed by atoms with Gasteiger partial charge in [0.15, 0.2) is 5.13 Å². The molecule has 2 unspecified atom stereocenters. The summed E-state index contributed by atoms with van der Waals surface area (Å²) in [5, 5.41) is 19.4. The molecular weight excluding hydrogens is 476 g/mol. The van der Waals surface area contributed by atoms with Gasteiger partial charge in [0.05, 0.1) is 11.6 Å². The molecule has 1 amide bonds. The van der Waals surface area contributed by atoms with Crippen LogP contribution in [-0.2, 0) is 0 Å². The molecule has 184 valence electrons. The first-order valence-corrected chi connectivity index (χ1v) is 11.7. The lowest BCUT2D eigenvalue weighted by atomic mass is 10.0. The Hall–Kier alpha value is -3.41. The van der Waals surface area contributed by atoms with E-state index in [9.17, 15) is 23.5 Å². The number of thiazole rings is 1. The lowest BCUT2D eigenvalue weighted by molar-refractivity contribution is 0.0674. The van der Waals surface area contributed by atoms with E-state index in [4.69, 9.17) is 5.73 Å². The van der Waals surface area contributed by atoms with E-state index in [-0.39, 0.29) is 27.4 Å². The number of aromatic nitrogens is 1. The summed E-state index contributed by atoms with van der Waals surface area (Å²) in [5.41, 5.74) is 5.94. The normalized spacial score (nSPS) is 17.7. The van der Waals surface area contributed by atoms with Gasteiger partial charge < -0.3 is 26.8 Å². The Morgan fingerprint density at radius 2 is 1.86 bits per heavy atom. The van der Waals surface area contributed by atoms with Crippen molar-refractivity contribution in [3.8, 4) is 0 Å². The highest BCUT2D eigenvalue weighted by atomic mass is 32.1. The van der Waals surface area contributed by atoms with Gasteiger partial charge in [-0.15, -0.1) is 0 Å². The minimum absolute atomic E-state index is 0.0865. The number of aliphatic hydroxyl groups is 1. The highest BCUT2D eigenvalue weighted by Gasteiger charge is 2.34. The number of amides is 1. The highest BCUT2D eigenvalue weighted by molar-refractivity contribution is 7.18. The lowest BCUT2D eigenvalue weighted by Crippen LogP contribution is -2.50. The fourth-order valence-corrected chi connectivity index (χ4v) is 4.77. The summed E-state index contributed by atoms with van der Waals surface area (Å²) in [6, 6.07) is 9.30. The van der Waals surface area contributed by atoms with Crippen molar-refractivity contribution in [1.29, 1.82) is 0 Å². The first-order chi connectivity index (χ1) is 16.5. The van der Waals surface area contributed by atoms with Crippen molar-refractivity contribution in [3.05, 3.63) is 70.1 Å². The molecule has 11 heteroatoms. The van der Waals surface area contributed by atoms with Gasteiger partial charge in [-0.3, -0.25) is 9.59 Å². The molecule has 1 aliphatic heterocycles. The molecule has 0 saturated carbocycles. The maximum absolute atomic E-state index is 14.0. The van der Waals surface area contributed by atoms with Crippen LogP contribution in [0, 0.1) is 11.6 Å². The Morgan fingerprint density at radius 3 is 2.46 bits per heavy atom. The summed E-state index contributed by atoms with van der Waals surface area (Å²) in [5.74, 6) is -3.44. The standard InChI is InChI=1S/C24H25F2N5O3S/c1-24(2)11-10-16(31-24)22(34)30-21(33)12-6-8-13(9-7-12)28-23-29-20(27)19(35-23)18(32)17-14(25)4-3-5-15(17)26/h3-9,16,22,31,34H,10-11,27H2,1-2H3,(H,28,29)(H,30,33). The molecule has 6 N–H and O–H groups in total. The molecule has 4 rings (SSSR count). The van der Waals surface area contributed by atoms with Crippen molar-refractivity contribution < 1.29 is 23.5 Å². The lowest BCUT2D eigenvalue weighted by Gasteiger charge is -2.24. The van der Waals surface area contributed by atoms with E-state index in [1.165, 1.54) is 6.07 Å². The number of carbonyl (C=O) groups excluding carboxylic acids is 2. The van der Waals surface area contributed by atoms with Gasteiger partial charge >= 0.3 is 0 Å². The van der Waals surface area contributed by atoms with Crippen LogP contribution in [0.3, 0.4) is 0 Å². The van der Waals surface area contributed by atoms with Gasteiger partial charge in [-0.1, -0.05) is 17.4 Å². The predicted molar refractivity (Wildman–Crippen MR) is 130 cm³/mol. The van der Waals surface area contributed by atoms with Crippen LogP contribution in [0.15, 0.2) is 42.5 Å². The van der Waals surface area contributed by atoms with Crippen molar-refractivity contribution in [2.75, 3.05) is 11.1 Å². The number of ketones is 1. The third-order valence-corrected chi connectivity index (χ3v) is 6.75. The smallest absolute Gasteiger partial charge is 0.253 e. The average Bonchev–Trinajstić information content (AvgIpc) is 3.35. The molecule has 1 aliphatic rings. The first-order valence-electron chi connectivity index (χ1n) is 10.9. The summed E-state index contributed by atoms with van der Waals surface area (Å²) in [6.07, 6.45) is 0.632. The topological polar surface area (TPSA) is 129 Å². The molecule has 1 fully saturated rings. The predicted octanol–water partition coefficient (Wildman–Crippen LogP) is 3.56. The van der Waals surface area contributed by atoms with Gasteiger partial charge in [0, 0.05) is 16.8 Å². The number of nitrogens with zero attached hydrogens (tertiary/aromatic N) is 1. The van der Waals surface area contributed by atoms with Crippen molar-refractivity contribution in [2.24, 2.45) is 0 Å². The number of benzene rings is 2. The molecule has 1 aromatic heterocycles. The van der Waals surface area contributed by atoms with Crippen molar-refractivity contribution >= 4 is 39.7 Å². The zero-order valence-electron chi connectivity index (χ0n) is 19.1. The molecule has 1 saturated heterocycles. The monoisotopic (exact) mass is 501 g/mol. The van der Waals surface area contributed by atoms with E-state index in [1.807, 2.05) is 13.8 Å². The van der Waals surface area contributed by atoms with Gasteiger partial charge in [-0.2, -0.15) is 0 Å². The van der Waals surface area contributed by atoms with Gasteiger partial charge in [0.2, 0.25) is 5.78 Å². The van der Waals surface area contributed by atoms with Crippen molar-refractivity contribution in [1.82, 2.24) is 15.6 Å². The van der Waals surface area contributed by atoms with E-state index in [0.717, 1.165) is 36.3 Å². The second-order valence-corrected chi connectivity index (χ2v) is 9.95. The Bertz CT molecular complexity index is 1240. The Balaban J connectivity index is 1.41. The van der Waals surface area contributed by atoms with Crippen LogP contribution in [0.5, 0.6) is 0 Å². The number of halogens is 2.